The van der Waals surface area contributed by atoms with Crippen molar-refractivity contribution in [2.24, 2.45) is 0 Å². The molecule has 158 valence electrons. The highest BCUT2D eigenvalue weighted by molar-refractivity contribution is 9.10. The molecule has 0 bridgehead atoms. The van der Waals surface area contributed by atoms with E-state index in [0.29, 0.717) is 16.9 Å². The maximum Gasteiger partial charge on any atom is 0.251 e. The van der Waals surface area contributed by atoms with E-state index < -0.39 is 0 Å². The number of aromatic amines is 1. The third-order valence-electron chi connectivity index (χ3n) is 5.50. The number of H-pyrrole nitrogens is 1. The van der Waals surface area contributed by atoms with Crippen molar-refractivity contribution in [1.29, 1.82) is 0 Å². The molecule has 1 fully saturated rings. The molecule has 1 aliphatic rings. The second-order valence-electron chi connectivity index (χ2n) is 9.42. The molecule has 0 spiro atoms. The van der Waals surface area contributed by atoms with Crippen molar-refractivity contribution >= 4 is 32.9 Å². The fourth-order valence-electron chi connectivity index (χ4n) is 4.69. The molecule has 1 amide bonds. The van der Waals surface area contributed by atoms with Gasteiger partial charge in [0.25, 0.3) is 5.91 Å². The lowest BCUT2D eigenvalue weighted by Crippen LogP contribution is -2.62. The van der Waals surface area contributed by atoms with E-state index in [9.17, 15) is 9.90 Å². The third-order valence-corrected chi connectivity index (χ3v) is 6.16. The molecule has 6 nitrogen and oxygen atoms in total. The van der Waals surface area contributed by atoms with Crippen LogP contribution in [0.5, 0.6) is 5.75 Å². The van der Waals surface area contributed by atoms with Gasteiger partial charge in [0.15, 0.2) is 0 Å². The fourth-order valence-corrected chi connectivity index (χ4v) is 5.25. The molecule has 0 aliphatic carbocycles. The maximum atomic E-state index is 12.9. The third kappa shape index (κ3) is 4.23. The lowest BCUT2D eigenvalue weighted by molar-refractivity contribution is 0.0873. The van der Waals surface area contributed by atoms with Crippen LogP contribution in [-0.2, 0) is 0 Å². The Bertz CT molecular complexity index is 1100. The number of hydrogen-bond donors (Lipinski definition) is 4. The Labute approximate surface area is 184 Å². The van der Waals surface area contributed by atoms with Crippen molar-refractivity contribution in [3.8, 4) is 17.1 Å². The number of para-hydroxylation sites is 1. The molecule has 7 heteroatoms. The summed E-state index contributed by atoms with van der Waals surface area (Å²) in [5, 5.41) is 16.8. The van der Waals surface area contributed by atoms with Gasteiger partial charge in [0, 0.05) is 32.7 Å². The first-order valence-corrected chi connectivity index (χ1v) is 10.9. The largest absolute Gasteiger partial charge is 0.506 e. The van der Waals surface area contributed by atoms with Crippen LogP contribution in [0, 0.1) is 0 Å². The first kappa shape index (κ1) is 20.9. The summed E-state index contributed by atoms with van der Waals surface area (Å²) in [6.07, 6.45) is 1.76. The number of hydrogen-bond acceptors (Lipinski definition) is 4. The van der Waals surface area contributed by atoms with Gasteiger partial charge in [0.2, 0.25) is 0 Å². The molecular formula is C23H27BrN4O2. The van der Waals surface area contributed by atoms with E-state index in [2.05, 4.69) is 64.2 Å². The van der Waals surface area contributed by atoms with Crippen LogP contribution in [-0.4, -0.2) is 38.1 Å². The molecular weight excluding hydrogens is 444 g/mol. The number of imidazole rings is 1. The maximum absolute atomic E-state index is 12.9. The van der Waals surface area contributed by atoms with Gasteiger partial charge in [0.1, 0.15) is 17.1 Å². The average molecular weight is 471 g/mol. The number of phenolic OH excluding ortho intramolecular Hbond substituents is 1. The normalized spacial score (nSPS) is 18.4. The molecule has 0 saturated carbocycles. The highest BCUT2D eigenvalue weighted by Crippen LogP contribution is 2.32. The minimum Gasteiger partial charge on any atom is -0.506 e. The van der Waals surface area contributed by atoms with E-state index in [0.717, 1.165) is 28.4 Å². The lowest BCUT2D eigenvalue weighted by Gasteiger charge is -2.46. The fraction of sp³-hybridized carbons (Fsp3) is 0.391. The second kappa shape index (κ2) is 7.39. The van der Waals surface area contributed by atoms with E-state index in [1.54, 1.807) is 18.2 Å². The van der Waals surface area contributed by atoms with E-state index >= 15 is 0 Å². The van der Waals surface area contributed by atoms with Crippen LogP contribution in [0.25, 0.3) is 22.4 Å². The van der Waals surface area contributed by atoms with Crippen LogP contribution >= 0.6 is 15.9 Å². The van der Waals surface area contributed by atoms with Crippen LogP contribution in [0.4, 0.5) is 0 Å². The van der Waals surface area contributed by atoms with Gasteiger partial charge >= 0.3 is 0 Å². The van der Waals surface area contributed by atoms with Gasteiger partial charge in [-0.05, 0) is 70.9 Å². The molecule has 0 unspecified atom stereocenters. The summed E-state index contributed by atoms with van der Waals surface area (Å²) in [7, 11) is 0. The number of aromatic nitrogens is 2. The average Bonchev–Trinajstić information content (AvgIpc) is 3.04. The van der Waals surface area contributed by atoms with Crippen LogP contribution in [0.2, 0.25) is 0 Å². The number of benzene rings is 2. The lowest BCUT2D eigenvalue weighted by atomic mass is 9.79. The van der Waals surface area contributed by atoms with Gasteiger partial charge in [0.05, 0.1) is 5.52 Å². The second-order valence-corrected chi connectivity index (χ2v) is 10.3. The minimum absolute atomic E-state index is 0.0308. The molecule has 1 saturated heterocycles. The zero-order chi connectivity index (χ0) is 21.7. The highest BCUT2D eigenvalue weighted by atomic mass is 79.9. The van der Waals surface area contributed by atoms with Crippen LogP contribution in [0.1, 0.15) is 50.9 Å². The van der Waals surface area contributed by atoms with Crippen molar-refractivity contribution in [1.82, 2.24) is 20.6 Å². The van der Waals surface area contributed by atoms with Crippen molar-refractivity contribution < 1.29 is 9.90 Å². The van der Waals surface area contributed by atoms with Gasteiger partial charge in [-0.3, -0.25) is 4.79 Å². The summed E-state index contributed by atoms with van der Waals surface area (Å²) < 4.78 is 0.764. The Hall–Kier alpha value is -2.38. The standard InChI is InChI=1S/C23H27BrN4O2/c1-22(2)11-14(12-23(3,4)28-22)25-21(30)13-8-9-15(16(24)10-13)20-26-17-6-5-7-18(29)19(17)27-20/h5-10,14,28-29H,11-12H2,1-4H3,(H,25,30)(H,26,27). The van der Waals surface area contributed by atoms with Crippen LogP contribution in [0.3, 0.4) is 0 Å². The summed E-state index contributed by atoms with van der Waals surface area (Å²) in [4.78, 5) is 20.6. The van der Waals surface area contributed by atoms with Crippen LogP contribution < -0.4 is 10.6 Å². The predicted octanol–water partition coefficient (Wildman–Crippen LogP) is 4.74. The zero-order valence-corrected chi connectivity index (χ0v) is 19.2. The van der Waals surface area contributed by atoms with Crippen LogP contribution in [0.15, 0.2) is 40.9 Å². The van der Waals surface area contributed by atoms with Gasteiger partial charge in [-0.25, -0.2) is 4.98 Å². The quantitative estimate of drug-likeness (QED) is 0.445. The Morgan fingerprint density at radius 2 is 1.87 bits per heavy atom. The zero-order valence-electron chi connectivity index (χ0n) is 17.6. The Morgan fingerprint density at radius 3 is 2.50 bits per heavy atom. The topological polar surface area (TPSA) is 90.0 Å². The monoisotopic (exact) mass is 470 g/mol. The summed E-state index contributed by atoms with van der Waals surface area (Å²) in [6, 6.07) is 10.8. The van der Waals surface area contributed by atoms with E-state index in [1.807, 2.05) is 18.2 Å². The number of amides is 1. The van der Waals surface area contributed by atoms with E-state index in [-0.39, 0.29) is 28.8 Å². The number of carbonyl (C=O) groups excluding carboxylic acids is 1. The minimum atomic E-state index is -0.0806. The van der Waals surface area contributed by atoms with Gasteiger partial charge < -0.3 is 20.7 Å². The Kier molecular flexibility index (Phi) is 5.14. The number of carbonyl (C=O) groups is 1. The molecule has 2 heterocycles. The molecule has 1 aromatic heterocycles. The summed E-state index contributed by atoms with van der Waals surface area (Å²) in [5.74, 6) is 0.685. The number of halogens is 1. The van der Waals surface area contributed by atoms with Crippen molar-refractivity contribution in [2.75, 3.05) is 0 Å². The molecule has 4 N–H and O–H groups in total. The molecule has 3 aromatic rings. The van der Waals surface area contributed by atoms with Gasteiger partial charge in [-0.1, -0.05) is 22.0 Å². The van der Waals surface area contributed by atoms with Crippen molar-refractivity contribution in [3.63, 3.8) is 0 Å². The SMILES string of the molecule is CC1(C)CC(NC(=O)c2ccc(-c3nc4c(O)cccc4[nH]3)c(Br)c2)CC(C)(C)N1. The summed E-state index contributed by atoms with van der Waals surface area (Å²) >= 11 is 3.58. The molecule has 0 radical (unpaired) electrons. The molecule has 30 heavy (non-hydrogen) atoms. The van der Waals surface area contributed by atoms with Gasteiger partial charge in [-0.15, -0.1) is 0 Å². The number of aromatic hydroxyl groups is 1. The predicted molar refractivity (Wildman–Crippen MR) is 123 cm³/mol. The molecule has 1 aliphatic heterocycles. The van der Waals surface area contributed by atoms with E-state index in [4.69, 9.17) is 0 Å². The molecule has 0 atom stereocenters. The van der Waals surface area contributed by atoms with E-state index in [1.165, 1.54) is 0 Å². The Morgan fingerprint density at radius 1 is 1.17 bits per heavy atom. The summed E-state index contributed by atoms with van der Waals surface area (Å²) in [5.41, 5.74) is 2.64. The Balaban J connectivity index is 1.55. The number of nitrogens with one attached hydrogen (secondary N) is 3. The van der Waals surface area contributed by atoms with Crippen molar-refractivity contribution in [2.45, 2.75) is 57.7 Å². The number of fused-ring (bicyclic) bond motifs is 1. The smallest absolute Gasteiger partial charge is 0.251 e. The molecule has 2 aromatic carbocycles. The number of nitrogens with zero attached hydrogens (tertiary/aromatic N) is 1. The number of rotatable bonds is 3. The number of phenols is 1. The summed E-state index contributed by atoms with van der Waals surface area (Å²) in [6.45, 7) is 8.68. The van der Waals surface area contributed by atoms with Crippen molar-refractivity contribution in [3.05, 3.63) is 46.4 Å². The highest BCUT2D eigenvalue weighted by Gasteiger charge is 2.38. The first-order valence-electron chi connectivity index (χ1n) is 10.1. The van der Waals surface area contributed by atoms with Gasteiger partial charge in [-0.2, -0.15) is 0 Å². The molecule has 4 rings (SSSR count). The number of piperidine rings is 1. The first-order chi connectivity index (χ1) is 14.0.